The van der Waals surface area contributed by atoms with E-state index in [-0.39, 0.29) is 19.0 Å². The third kappa shape index (κ3) is 5.52. The molecule has 126 valence electrons. The third-order valence-corrected chi connectivity index (χ3v) is 3.58. The number of nitrogens with two attached hydrogens (primary N) is 1. The first-order valence-electron chi connectivity index (χ1n) is 7.69. The number of ether oxygens (including phenoxy) is 2. The van der Waals surface area contributed by atoms with Crippen LogP contribution in [0.2, 0.25) is 0 Å². The van der Waals surface area contributed by atoms with E-state index >= 15 is 0 Å². The van der Waals surface area contributed by atoms with E-state index in [1.54, 1.807) is 0 Å². The van der Waals surface area contributed by atoms with Crippen molar-refractivity contribution in [3.63, 3.8) is 0 Å². The quantitative estimate of drug-likeness (QED) is 0.787. The van der Waals surface area contributed by atoms with E-state index in [2.05, 4.69) is 4.74 Å². The van der Waals surface area contributed by atoms with Crippen LogP contribution >= 0.6 is 0 Å². The molecule has 0 aliphatic heterocycles. The van der Waals surface area contributed by atoms with Crippen molar-refractivity contribution in [1.82, 2.24) is 0 Å². The molecule has 0 aliphatic rings. The van der Waals surface area contributed by atoms with Gasteiger partial charge in [0.25, 0.3) is 0 Å². The topological polar surface area (TPSA) is 78.6 Å². The van der Waals surface area contributed by atoms with Crippen molar-refractivity contribution in [1.29, 1.82) is 0 Å². The van der Waals surface area contributed by atoms with E-state index in [9.17, 15) is 9.59 Å². The number of methoxy groups -OCH3 is 1. The van der Waals surface area contributed by atoms with Crippen LogP contribution < -0.4 is 5.73 Å². The Morgan fingerprint density at radius 2 is 1.58 bits per heavy atom. The second-order valence-corrected chi connectivity index (χ2v) is 5.47. The summed E-state index contributed by atoms with van der Waals surface area (Å²) in [6.45, 7) is 0.214. The highest BCUT2D eigenvalue weighted by Gasteiger charge is 2.16. The molecule has 2 aromatic rings. The molecule has 0 unspecified atom stereocenters. The Morgan fingerprint density at radius 1 is 0.958 bits per heavy atom. The number of carbonyl (C=O) groups excluding carboxylic acids is 2. The predicted molar refractivity (Wildman–Crippen MR) is 90.1 cm³/mol. The zero-order valence-corrected chi connectivity index (χ0v) is 13.6. The fourth-order valence-electron chi connectivity index (χ4n) is 2.21. The Kier molecular flexibility index (Phi) is 6.51. The number of carbonyl (C=O) groups is 2. The molecular weight excluding hydrogens is 306 g/mol. The second-order valence-electron chi connectivity index (χ2n) is 5.47. The molecule has 5 nitrogen and oxygen atoms in total. The summed E-state index contributed by atoms with van der Waals surface area (Å²) in [7, 11) is 1.36. The van der Waals surface area contributed by atoms with Gasteiger partial charge in [0.2, 0.25) is 0 Å². The fraction of sp³-hybridized carbons (Fsp3) is 0.263. The van der Waals surface area contributed by atoms with Crippen molar-refractivity contribution >= 4 is 11.9 Å². The Balaban J connectivity index is 1.83. The van der Waals surface area contributed by atoms with Gasteiger partial charge in [-0.1, -0.05) is 54.6 Å². The van der Waals surface area contributed by atoms with E-state index in [0.29, 0.717) is 6.42 Å². The van der Waals surface area contributed by atoms with Gasteiger partial charge in [-0.25, -0.2) is 0 Å². The van der Waals surface area contributed by atoms with Gasteiger partial charge in [-0.3, -0.25) is 9.59 Å². The SMILES string of the molecule is COC(=O)Cc1ccc(C[C@H](N)C(=O)OCc2ccccc2)cc1. The lowest BCUT2D eigenvalue weighted by atomic mass is 10.0. The second kappa shape index (κ2) is 8.84. The maximum absolute atomic E-state index is 12.0. The van der Waals surface area contributed by atoms with Crippen molar-refractivity contribution < 1.29 is 19.1 Å². The van der Waals surface area contributed by atoms with Gasteiger partial charge in [-0.2, -0.15) is 0 Å². The Bertz CT molecular complexity index is 668. The van der Waals surface area contributed by atoms with E-state index in [0.717, 1.165) is 16.7 Å². The molecule has 0 saturated heterocycles. The zero-order valence-electron chi connectivity index (χ0n) is 13.6. The molecule has 24 heavy (non-hydrogen) atoms. The van der Waals surface area contributed by atoms with Crippen LogP contribution in [0.15, 0.2) is 54.6 Å². The number of hydrogen-bond acceptors (Lipinski definition) is 5. The molecule has 0 bridgehead atoms. The van der Waals surface area contributed by atoms with Crippen LogP contribution in [-0.2, 0) is 38.5 Å². The van der Waals surface area contributed by atoms with Crippen LogP contribution in [0.1, 0.15) is 16.7 Å². The highest BCUT2D eigenvalue weighted by Crippen LogP contribution is 2.09. The first-order chi connectivity index (χ1) is 11.6. The predicted octanol–water partition coefficient (Wildman–Crippen LogP) is 2.02. The number of hydrogen-bond donors (Lipinski definition) is 1. The lowest BCUT2D eigenvalue weighted by Gasteiger charge is -2.12. The highest BCUT2D eigenvalue weighted by atomic mass is 16.5. The van der Waals surface area contributed by atoms with Crippen LogP contribution in [-0.4, -0.2) is 25.1 Å². The maximum Gasteiger partial charge on any atom is 0.323 e. The molecule has 0 fully saturated rings. The molecule has 0 saturated carbocycles. The number of rotatable bonds is 7. The smallest absolute Gasteiger partial charge is 0.323 e. The molecule has 2 N–H and O–H groups in total. The Labute approximate surface area is 141 Å². The van der Waals surface area contributed by atoms with Crippen molar-refractivity contribution in [2.24, 2.45) is 5.73 Å². The average molecular weight is 327 g/mol. The standard InChI is InChI=1S/C19H21NO4/c1-23-18(21)12-15-9-7-14(8-10-15)11-17(20)19(22)24-13-16-5-3-2-4-6-16/h2-10,17H,11-13,20H2,1H3/t17-/m0/s1. The molecule has 0 aliphatic carbocycles. The summed E-state index contributed by atoms with van der Waals surface area (Å²) in [6.07, 6.45) is 0.605. The number of benzene rings is 2. The first kappa shape index (κ1) is 17.7. The van der Waals surface area contributed by atoms with Crippen LogP contribution in [0.4, 0.5) is 0 Å². The molecule has 2 aromatic carbocycles. The Morgan fingerprint density at radius 3 is 2.21 bits per heavy atom. The van der Waals surface area contributed by atoms with Crippen molar-refractivity contribution in [2.75, 3.05) is 7.11 Å². The molecule has 0 amide bonds. The van der Waals surface area contributed by atoms with Crippen LogP contribution in [0.3, 0.4) is 0 Å². The van der Waals surface area contributed by atoms with Gasteiger partial charge >= 0.3 is 11.9 Å². The third-order valence-electron chi connectivity index (χ3n) is 3.58. The molecule has 1 atom stereocenters. The summed E-state index contributed by atoms with van der Waals surface area (Å²) < 4.78 is 9.85. The first-order valence-corrected chi connectivity index (χ1v) is 7.69. The van der Waals surface area contributed by atoms with E-state index in [1.165, 1.54) is 7.11 Å². The van der Waals surface area contributed by atoms with Gasteiger partial charge in [-0.05, 0) is 23.1 Å². The molecular formula is C19H21NO4. The highest BCUT2D eigenvalue weighted by molar-refractivity contribution is 5.76. The van der Waals surface area contributed by atoms with Crippen LogP contribution in [0.25, 0.3) is 0 Å². The van der Waals surface area contributed by atoms with Crippen LogP contribution in [0, 0.1) is 0 Å². The molecule has 0 aromatic heterocycles. The summed E-state index contributed by atoms with van der Waals surface area (Å²) in [6, 6.07) is 16.1. The molecule has 5 heteroatoms. The minimum atomic E-state index is -0.722. The average Bonchev–Trinajstić information content (AvgIpc) is 2.62. The zero-order chi connectivity index (χ0) is 17.4. The van der Waals surface area contributed by atoms with Crippen molar-refractivity contribution in [3.05, 3.63) is 71.3 Å². The van der Waals surface area contributed by atoms with Gasteiger partial charge in [0.15, 0.2) is 0 Å². The summed E-state index contributed by atoms with van der Waals surface area (Å²) in [5.74, 6) is -0.721. The minimum absolute atomic E-state index is 0.214. The maximum atomic E-state index is 12.0. The summed E-state index contributed by atoms with van der Waals surface area (Å²) >= 11 is 0. The van der Waals surface area contributed by atoms with E-state index in [4.69, 9.17) is 10.5 Å². The van der Waals surface area contributed by atoms with Crippen molar-refractivity contribution in [3.8, 4) is 0 Å². The lowest BCUT2D eigenvalue weighted by molar-refractivity contribution is -0.146. The van der Waals surface area contributed by atoms with Gasteiger partial charge in [0.05, 0.1) is 13.5 Å². The fourth-order valence-corrected chi connectivity index (χ4v) is 2.21. The van der Waals surface area contributed by atoms with E-state index in [1.807, 2.05) is 54.6 Å². The lowest BCUT2D eigenvalue weighted by Crippen LogP contribution is -2.34. The van der Waals surface area contributed by atoms with Crippen LogP contribution in [0.5, 0.6) is 0 Å². The molecule has 0 radical (unpaired) electrons. The monoisotopic (exact) mass is 327 g/mol. The van der Waals surface area contributed by atoms with Gasteiger partial charge in [0, 0.05) is 0 Å². The summed E-state index contributed by atoms with van der Waals surface area (Å²) in [5.41, 5.74) is 8.59. The molecule has 0 heterocycles. The van der Waals surface area contributed by atoms with Crippen molar-refractivity contribution in [2.45, 2.75) is 25.5 Å². The van der Waals surface area contributed by atoms with Gasteiger partial charge in [-0.15, -0.1) is 0 Å². The summed E-state index contributed by atoms with van der Waals surface area (Å²) in [4.78, 5) is 23.2. The largest absolute Gasteiger partial charge is 0.469 e. The molecule has 0 spiro atoms. The minimum Gasteiger partial charge on any atom is -0.469 e. The summed E-state index contributed by atoms with van der Waals surface area (Å²) in [5, 5.41) is 0. The van der Waals surface area contributed by atoms with Gasteiger partial charge in [0.1, 0.15) is 12.6 Å². The molecule has 2 rings (SSSR count). The normalized spacial score (nSPS) is 11.6. The number of esters is 2. The van der Waals surface area contributed by atoms with E-state index < -0.39 is 12.0 Å². The Hall–Kier alpha value is -2.66. The van der Waals surface area contributed by atoms with Gasteiger partial charge < -0.3 is 15.2 Å².